The smallest absolute Gasteiger partial charge is 0.261 e. The fourth-order valence-corrected chi connectivity index (χ4v) is 2.94. The quantitative estimate of drug-likeness (QED) is 0.680. The number of anilines is 1. The van der Waals surface area contributed by atoms with Gasteiger partial charge < -0.3 is 10.1 Å². The van der Waals surface area contributed by atoms with Gasteiger partial charge in [-0.05, 0) is 50.1 Å². The minimum atomic E-state index is -0.154. The summed E-state index contributed by atoms with van der Waals surface area (Å²) in [6.07, 6.45) is 1.84. The van der Waals surface area contributed by atoms with Crippen LogP contribution in [0.5, 0.6) is 0 Å². The SMILES string of the molecule is Cc1cccc2c(=O)n(CCC(=O)Nc3cccc(COC(C)C)c3)cnc12. The van der Waals surface area contributed by atoms with Crippen molar-refractivity contribution < 1.29 is 9.53 Å². The Kier molecular flexibility index (Phi) is 6.21. The van der Waals surface area contributed by atoms with Crippen LogP contribution in [-0.2, 0) is 22.7 Å². The largest absolute Gasteiger partial charge is 0.374 e. The van der Waals surface area contributed by atoms with Gasteiger partial charge in [0.25, 0.3) is 5.56 Å². The van der Waals surface area contributed by atoms with E-state index >= 15 is 0 Å². The number of aromatic nitrogens is 2. The van der Waals surface area contributed by atoms with E-state index in [4.69, 9.17) is 4.74 Å². The van der Waals surface area contributed by atoms with Gasteiger partial charge in [-0.3, -0.25) is 14.2 Å². The Morgan fingerprint density at radius 3 is 2.79 bits per heavy atom. The summed E-state index contributed by atoms with van der Waals surface area (Å²) in [5.74, 6) is -0.154. The third kappa shape index (κ3) is 4.84. The Labute approximate surface area is 164 Å². The number of para-hydroxylation sites is 1. The van der Waals surface area contributed by atoms with Gasteiger partial charge in [-0.1, -0.05) is 24.3 Å². The molecule has 1 aromatic heterocycles. The number of carbonyl (C=O) groups is 1. The van der Waals surface area contributed by atoms with Crippen LogP contribution < -0.4 is 10.9 Å². The first-order chi connectivity index (χ1) is 13.4. The Morgan fingerprint density at radius 2 is 2.00 bits per heavy atom. The molecule has 2 aromatic carbocycles. The van der Waals surface area contributed by atoms with Crippen LogP contribution in [0.1, 0.15) is 31.4 Å². The maximum absolute atomic E-state index is 12.6. The van der Waals surface area contributed by atoms with E-state index in [2.05, 4.69) is 10.3 Å². The van der Waals surface area contributed by atoms with Gasteiger partial charge in [0.1, 0.15) is 0 Å². The molecular weight excluding hydrogens is 354 g/mol. The van der Waals surface area contributed by atoms with E-state index in [0.29, 0.717) is 17.5 Å². The second kappa shape index (κ2) is 8.80. The van der Waals surface area contributed by atoms with Crippen LogP contribution in [0.3, 0.4) is 0 Å². The van der Waals surface area contributed by atoms with Crippen LogP contribution >= 0.6 is 0 Å². The molecule has 0 bridgehead atoms. The Bertz CT molecular complexity index is 1040. The summed E-state index contributed by atoms with van der Waals surface area (Å²) in [7, 11) is 0. The summed E-state index contributed by atoms with van der Waals surface area (Å²) in [5, 5.41) is 3.45. The molecule has 0 unspecified atom stereocenters. The minimum absolute atomic E-state index is 0.130. The van der Waals surface area contributed by atoms with Crippen LogP contribution in [0.4, 0.5) is 5.69 Å². The van der Waals surface area contributed by atoms with E-state index in [0.717, 1.165) is 16.8 Å². The van der Waals surface area contributed by atoms with Gasteiger partial charge in [0.05, 0.1) is 29.9 Å². The van der Waals surface area contributed by atoms with E-state index in [1.165, 1.54) is 10.9 Å². The van der Waals surface area contributed by atoms with Crippen molar-refractivity contribution >= 4 is 22.5 Å². The summed E-state index contributed by atoms with van der Waals surface area (Å²) in [5.41, 5.74) is 3.25. The molecule has 0 radical (unpaired) electrons. The molecule has 0 aliphatic heterocycles. The van der Waals surface area contributed by atoms with Crippen LogP contribution in [0.15, 0.2) is 53.6 Å². The van der Waals surface area contributed by atoms with Crippen molar-refractivity contribution in [1.82, 2.24) is 9.55 Å². The number of amides is 1. The lowest BCUT2D eigenvalue weighted by Crippen LogP contribution is -2.23. The summed E-state index contributed by atoms with van der Waals surface area (Å²) >= 11 is 0. The normalized spacial score (nSPS) is 11.1. The molecule has 6 heteroatoms. The van der Waals surface area contributed by atoms with E-state index in [1.807, 2.05) is 57.2 Å². The van der Waals surface area contributed by atoms with Crippen LogP contribution in [0.25, 0.3) is 10.9 Å². The van der Waals surface area contributed by atoms with Gasteiger partial charge in [-0.15, -0.1) is 0 Å². The van der Waals surface area contributed by atoms with Crippen LogP contribution in [-0.4, -0.2) is 21.6 Å². The van der Waals surface area contributed by atoms with Gasteiger partial charge in [-0.25, -0.2) is 4.98 Å². The predicted octanol–water partition coefficient (Wildman–Crippen LogP) is 3.66. The van der Waals surface area contributed by atoms with E-state index in [-0.39, 0.29) is 30.5 Å². The lowest BCUT2D eigenvalue weighted by Gasteiger charge is -2.11. The number of benzene rings is 2. The highest BCUT2D eigenvalue weighted by Gasteiger charge is 2.08. The monoisotopic (exact) mass is 379 g/mol. The Balaban J connectivity index is 1.63. The van der Waals surface area contributed by atoms with E-state index < -0.39 is 0 Å². The first-order valence-corrected chi connectivity index (χ1v) is 9.39. The molecule has 146 valence electrons. The summed E-state index contributed by atoms with van der Waals surface area (Å²) in [6.45, 7) is 6.66. The van der Waals surface area contributed by atoms with Gasteiger partial charge >= 0.3 is 0 Å². The molecule has 1 N–H and O–H groups in total. The van der Waals surface area contributed by atoms with Crippen LogP contribution in [0.2, 0.25) is 0 Å². The standard InChI is InChI=1S/C22H25N3O3/c1-15(2)28-13-17-7-5-8-18(12-17)24-20(26)10-11-25-14-23-21-16(3)6-4-9-19(21)22(25)27/h4-9,12,14-15H,10-11,13H2,1-3H3,(H,24,26). The molecule has 0 fully saturated rings. The average Bonchev–Trinajstić information content (AvgIpc) is 2.67. The fourth-order valence-electron chi connectivity index (χ4n) is 2.94. The topological polar surface area (TPSA) is 73.2 Å². The lowest BCUT2D eigenvalue weighted by molar-refractivity contribution is -0.116. The molecule has 6 nitrogen and oxygen atoms in total. The second-order valence-electron chi connectivity index (χ2n) is 7.07. The molecule has 1 amide bonds. The van der Waals surface area contributed by atoms with Gasteiger partial charge in [0, 0.05) is 18.7 Å². The van der Waals surface area contributed by atoms with Crippen molar-refractivity contribution in [3.05, 3.63) is 70.3 Å². The van der Waals surface area contributed by atoms with E-state index in [9.17, 15) is 9.59 Å². The minimum Gasteiger partial charge on any atom is -0.374 e. The Morgan fingerprint density at radius 1 is 1.21 bits per heavy atom. The molecule has 0 aliphatic rings. The number of rotatable bonds is 7. The maximum atomic E-state index is 12.6. The predicted molar refractivity (Wildman–Crippen MR) is 110 cm³/mol. The number of hydrogen-bond donors (Lipinski definition) is 1. The highest BCUT2D eigenvalue weighted by Crippen LogP contribution is 2.13. The average molecular weight is 379 g/mol. The number of carbonyl (C=O) groups excluding carboxylic acids is 1. The third-order valence-electron chi connectivity index (χ3n) is 4.43. The highest BCUT2D eigenvalue weighted by atomic mass is 16.5. The van der Waals surface area contributed by atoms with Crippen molar-refractivity contribution in [3.8, 4) is 0 Å². The van der Waals surface area contributed by atoms with Crippen LogP contribution in [0, 0.1) is 6.92 Å². The van der Waals surface area contributed by atoms with Gasteiger partial charge in [0.2, 0.25) is 5.91 Å². The molecule has 0 saturated carbocycles. The van der Waals surface area contributed by atoms with Gasteiger partial charge in [-0.2, -0.15) is 0 Å². The van der Waals surface area contributed by atoms with Crippen molar-refractivity contribution in [2.24, 2.45) is 0 Å². The zero-order valence-electron chi connectivity index (χ0n) is 16.4. The summed E-state index contributed by atoms with van der Waals surface area (Å²) in [4.78, 5) is 29.3. The first kappa shape index (κ1) is 19.8. The van der Waals surface area contributed by atoms with Crippen molar-refractivity contribution in [3.63, 3.8) is 0 Å². The number of hydrogen-bond acceptors (Lipinski definition) is 4. The molecular formula is C22H25N3O3. The summed E-state index contributed by atoms with van der Waals surface area (Å²) < 4.78 is 7.07. The Hall–Kier alpha value is -2.99. The molecule has 0 spiro atoms. The van der Waals surface area contributed by atoms with Crippen molar-refractivity contribution in [1.29, 1.82) is 0 Å². The zero-order valence-corrected chi connectivity index (χ0v) is 16.4. The summed E-state index contributed by atoms with van der Waals surface area (Å²) in [6, 6.07) is 13.1. The molecule has 3 aromatic rings. The molecule has 0 aliphatic carbocycles. The maximum Gasteiger partial charge on any atom is 0.261 e. The molecule has 1 heterocycles. The van der Waals surface area contributed by atoms with Gasteiger partial charge in [0.15, 0.2) is 0 Å². The number of nitrogens with zero attached hydrogens (tertiary/aromatic N) is 2. The van der Waals surface area contributed by atoms with E-state index in [1.54, 1.807) is 6.07 Å². The molecule has 0 atom stereocenters. The number of fused-ring (bicyclic) bond motifs is 1. The second-order valence-corrected chi connectivity index (χ2v) is 7.07. The highest BCUT2D eigenvalue weighted by molar-refractivity contribution is 5.90. The van der Waals surface area contributed by atoms with Crippen molar-refractivity contribution in [2.45, 2.75) is 46.4 Å². The number of nitrogens with one attached hydrogen (secondary N) is 1. The molecule has 28 heavy (non-hydrogen) atoms. The molecule has 3 rings (SSSR count). The zero-order chi connectivity index (χ0) is 20.1. The number of ether oxygens (including phenoxy) is 1. The fraction of sp³-hybridized carbons (Fsp3) is 0.318. The first-order valence-electron chi connectivity index (χ1n) is 9.39. The number of aryl methyl sites for hydroxylation is 2. The van der Waals surface area contributed by atoms with Crippen molar-refractivity contribution in [2.75, 3.05) is 5.32 Å². The third-order valence-corrected chi connectivity index (χ3v) is 4.43. The molecule has 0 saturated heterocycles. The lowest BCUT2D eigenvalue weighted by atomic mass is 10.1.